The standard InChI is InChI=1S/C14H21N3O/c1-3-9-18-11-13(15-4-2)12-10-16-17-8-6-5-7-14(12)17/h5-8,10,13,15H,3-4,9,11H2,1-2H3. The number of nitrogens with one attached hydrogen (secondary N) is 1. The highest BCUT2D eigenvalue weighted by molar-refractivity contribution is 5.54. The van der Waals surface area contributed by atoms with Gasteiger partial charge in [0.05, 0.1) is 24.4 Å². The maximum absolute atomic E-state index is 5.67. The molecule has 0 spiro atoms. The molecule has 0 saturated heterocycles. The molecule has 2 aromatic rings. The Morgan fingerprint density at radius 3 is 3.06 bits per heavy atom. The van der Waals surface area contributed by atoms with Crippen LogP contribution in [0.5, 0.6) is 0 Å². The molecule has 4 nitrogen and oxygen atoms in total. The van der Waals surface area contributed by atoms with Crippen LogP contribution in [-0.4, -0.2) is 29.4 Å². The van der Waals surface area contributed by atoms with Crippen molar-refractivity contribution in [2.75, 3.05) is 19.8 Å². The minimum atomic E-state index is 0.210. The van der Waals surface area contributed by atoms with Crippen molar-refractivity contribution in [1.29, 1.82) is 0 Å². The Labute approximate surface area is 108 Å². The van der Waals surface area contributed by atoms with Crippen molar-refractivity contribution in [2.45, 2.75) is 26.3 Å². The van der Waals surface area contributed by atoms with Crippen molar-refractivity contribution in [3.63, 3.8) is 0 Å². The molecule has 98 valence electrons. The minimum Gasteiger partial charge on any atom is -0.379 e. The molecular formula is C14H21N3O. The molecule has 18 heavy (non-hydrogen) atoms. The first-order chi connectivity index (χ1) is 8.86. The molecule has 2 rings (SSSR count). The Bertz CT molecular complexity index is 481. The predicted molar refractivity (Wildman–Crippen MR) is 72.7 cm³/mol. The first-order valence-corrected chi connectivity index (χ1v) is 6.60. The van der Waals surface area contributed by atoms with Gasteiger partial charge in [-0.3, -0.25) is 0 Å². The molecule has 2 aromatic heterocycles. The van der Waals surface area contributed by atoms with Crippen molar-refractivity contribution >= 4 is 5.52 Å². The molecule has 1 atom stereocenters. The highest BCUT2D eigenvalue weighted by Crippen LogP contribution is 2.19. The Morgan fingerprint density at radius 1 is 1.39 bits per heavy atom. The Balaban J connectivity index is 2.18. The summed E-state index contributed by atoms with van der Waals surface area (Å²) in [6.07, 6.45) is 4.94. The quantitative estimate of drug-likeness (QED) is 0.764. The molecule has 1 unspecified atom stereocenters. The van der Waals surface area contributed by atoms with Crippen molar-refractivity contribution in [2.24, 2.45) is 0 Å². The lowest BCUT2D eigenvalue weighted by atomic mass is 10.1. The van der Waals surface area contributed by atoms with Crippen LogP contribution in [0.4, 0.5) is 0 Å². The molecule has 0 aliphatic rings. The fraction of sp³-hybridized carbons (Fsp3) is 0.500. The number of ether oxygens (including phenoxy) is 1. The fourth-order valence-corrected chi connectivity index (χ4v) is 2.07. The van der Waals surface area contributed by atoms with Gasteiger partial charge in [0.2, 0.25) is 0 Å². The van der Waals surface area contributed by atoms with Crippen molar-refractivity contribution < 1.29 is 4.74 Å². The number of likely N-dealkylation sites (N-methyl/N-ethyl adjacent to an activating group) is 1. The second-order valence-electron chi connectivity index (χ2n) is 4.32. The van der Waals surface area contributed by atoms with Gasteiger partial charge in [0.15, 0.2) is 0 Å². The molecular weight excluding hydrogens is 226 g/mol. The van der Waals surface area contributed by atoms with Crippen molar-refractivity contribution in [3.05, 3.63) is 36.2 Å². The Morgan fingerprint density at radius 2 is 2.28 bits per heavy atom. The normalized spacial score (nSPS) is 13.0. The summed E-state index contributed by atoms with van der Waals surface area (Å²) in [5.41, 5.74) is 2.34. The first-order valence-electron chi connectivity index (χ1n) is 6.60. The van der Waals surface area contributed by atoms with Gasteiger partial charge in [-0.2, -0.15) is 5.10 Å². The summed E-state index contributed by atoms with van der Waals surface area (Å²) in [6, 6.07) is 6.32. The van der Waals surface area contributed by atoms with Gasteiger partial charge in [-0.05, 0) is 25.1 Å². The number of nitrogens with zero attached hydrogens (tertiary/aromatic N) is 2. The Kier molecular flexibility index (Phi) is 4.73. The number of rotatable bonds is 7. The zero-order chi connectivity index (χ0) is 12.8. The third kappa shape index (κ3) is 2.89. The van der Waals surface area contributed by atoms with Crippen LogP contribution < -0.4 is 5.32 Å². The van der Waals surface area contributed by atoms with Gasteiger partial charge in [-0.1, -0.05) is 19.9 Å². The van der Waals surface area contributed by atoms with Crippen LogP contribution in [-0.2, 0) is 4.74 Å². The first kappa shape index (κ1) is 13.1. The highest BCUT2D eigenvalue weighted by Gasteiger charge is 2.15. The molecule has 0 aliphatic carbocycles. The second kappa shape index (κ2) is 6.52. The van der Waals surface area contributed by atoms with Gasteiger partial charge in [0.25, 0.3) is 0 Å². The van der Waals surface area contributed by atoms with E-state index < -0.39 is 0 Å². The van der Waals surface area contributed by atoms with Crippen LogP contribution >= 0.6 is 0 Å². The molecule has 0 bridgehead atoms. The number of hydrogen-bond donors (Lipinski definition) is 1. The van der Waals surface area contributed by atoms with E-state index in [-0.39, 0.29) is 6.04 Å². The Hall–Kier alpha value is -1.39. The third-order valence-electron chi connectivity index (χ3n) is 2.92. The SMILES string of the molecule is CCCOCC(NCC)c1cnn2ccccc12. The second-order valence-corrected chi connectivity index (χ2v) is 4.32. The van der Waals surface area contributed by atoms with Gasteiger partial charge >= 0.3 is 0 Å². The van der Waals surface area contributed by atoms with Crippen LogP contribution in [0.2, 0.25) is 0 Å². The maximum atomic E-state index is 5.67. The van der Waals surface area contributed by atoms with Crippen LogP contribution in [0, 0.1) is 0 Å². The van der Waals surface area contributed by atoms with E-state index in [0.717, 1.165) is 25.1 Å². The fourth-order valence-electron chi connectivity index (χ4n) is 2.07. The van der Waals surface area contributed by atoms with E-state index in [4.69, 9.17) is 4.74 Å². The molecule has 0 saturated carbocycles. The molecule has 0 amide bonds. The third-order valence-corrected chi connectivity index (χ3v) is 2.92. The van der Waals surface area contributed by atoms with Gasteiger partial charge in [0, 0.05) is 18.4 Å². The number of aromatic nitrogens is 2. The van der Waals surface area contributed by atoms with Crippen molar-refractivity contribution in [3.8, 4) is 0 Å². The van der Waals surface area contributed by atoms with E-state index >= 15 is 0 Å². The zero-order valence-corrected chi connectivity index (χ0v) is 11.1. The van der Waals surface area contributed by atoms with Gasteiger partial charge < -0.3 is 10.1 Å². The molecule has 0 radical (unpaired) electrons. The summed E-state index contributed by atoms with van der Waals surface area (Å²) in [7, 11) is 0. The summed E-state index contributed by atoms with van der Waals surface area (Å²) in [5, 5.41) is 7.83. The molecule has 0 aliphatic heterocycles. The van der Waals surface area contributed by atoms with Crippen molar-refractivity contribution in [1.82, 2.24) is 14.9 Å². The van der Waals surface area contributed by atoms with E-state index in [1.165, 1.54) is 5.56 Å². The smallest absolute Gasteiger partial charge is 0.0710 e. The van der Waals surface area contributed by atoms with Crippen LogP contribution in [0.15, 0.2) is 30.6 Å². The van der Waals surface area contributed by atoms with E-state index in [1.807, 2.05) is 29.0 Å². The summed E-state index contributed by atoms with van der Waals surface area (Å²) in [5.74, 6) is 0. The topological polar surface area (TPSA) is 38.6 Å². The monoisotopic (exact) mass is 247 g/mol. The van der Waals surface area contributed by atoms with Crippen LogP contribution in [0.1, 0.15) is 31.9 Å². The van der Waals surface area contributed by atoms with E-state index in [2.05, 4.69) is 30.3 Å². The average Bonchev–Trinajstić information content (AvgIpc) is 2.82. The predicted octanol–water partition coefficient (Wildman–Crippen LogP) is 2.41. The van der Waals surface area contributed by atoms with Crippen LogP contribution in [0.3, 0.4) is 0 Å². The molecule has 2 heterocycles. The van der Waals surface area contributed by atoms with Gasteiger partial charge in [-0.15, -0.1) is 0 Å². The van der Waals surface area contributed by atoms with Gasteiger partial charge in [-0.25, -0.2) is 4.52 Å². The largest absolute Gasteiger partial charge is 0.379 e. The maximum Gasteiger partial charge on any atom is 0.0710 e. The minimum absolute atomic E-state index is 0.210. The summed E-state index contributed by atoms with van der Waals surface area (Å²) >= 11 is 0. The molecule has 1 N–H and O–H groups in total. The lowest BCUT2D eigenvalue weighted by Crippen LogP contribution is -2.25. The van der Waals surface area contributed by atoms with Crippen LogP contribution in [0.25, 0.3) is 5.52 Å². The highest BCUT2D eigenvalue weighted by atomic mass is 16.5. The van der Waals surface area contributed by atoms with E-state index in [1.54, 1.807) is 0 Å². The van der Waals surface area contributed by atoms with E-state index in [0.29, 0.717) is 6.61 Å². The summed E-state index contributed by atoms with van der Waals surface area (Å²) in [4.78, 5) is 0. The van der Waals surface area contributed by atoms with Gasteiger partial charge in [0.1, 0.15) is 0 Å². The number of hydrogen-bond acceptors (Lipinski definition) is 3. The average molecular weight is 247 g/mol. The molecule has 4 heteroatoms. The van der Waals surface area contributed by atoms with E-state index in [9.17, 15) is 0 Å². The lowest BCUT2D eigenvalue weighted by molar-refractivity contribution is 0.113. The lowest BCUT2D eigenvalue weighted by Gasteiger charge is -2.17. The molecule has 0 fully saturated rings. The molecule has 0 aromatic carbocycles. The zero-order valence-electron chi connectivity index (χ0n) is 11.1. The summed E-state index contributed by atoms with van der Waals surface area (Å²) in [6.45, 7) is 6.65. The number of fused-ring (bicyclic) bond motifs is 1. The summed E-state index contributed by atoms with van der Waals surface area (Å²) < 4.78 is 7.57. The number of pyridine rings is 1.